The van der Waals surface area contributed by atoms with E-state index in [0.29, 0.717) is 18.5 Å². The quantitative estimate of drug-likeness (QED) is 0.750. The van der Waals surface area contributed by atoms with Gasteiger partial charge in [0.1, 0.15) is 5.60 Å². The van der Waals surface area contributed by atoms with Gasteiger partial charge in [-0.2, -0.15) is 0 Å². The van der Waals surface area contributed by atoms with E-state index in [1.165, 1.54) is 24.1 Å². The zero-order valence-electron chi connectivity index (χ0n) is 14.2. The minimum absolute atomic E-state index is 0.316. The molecule has 1 aromatic heterocycles. The molecular weight excluding hydrogens is 376 g/mol. The average molecular weight is 403 g/mol. The van der Waals surface area contributed by atoms with E-state index >= 15 is 0 Å². The lowest BCUT2D eigenvalue weighted by Gasteiger charge is -2.32. The van der Waals surface area contributed by atoms with Crippen molar-refractivity contribution in [2.24, 2.45) is 5.92 Å². The van der Waals surface area contributed by atoms with Crippen LogP contribution >= 0.6 is 27.3 Å². The van der Waals surface area contributed by atoms with Crippen molar-refractivity contribution in [1.29, 1.82) is 0 Å². The first-order chi connectivity index (χ1) is 10.8. The zero-order valence-corrected chi connectivity index (χ0v) is 16.6. The fraction of sp³-hybridized carbons (Fsp3) is 0.706. The van der Waals surface area contributed by atoms with Crippen LogP contribution in [-0.2, 0) is 11.3 Å². The van der Waals surface area contributed by atoms with Crippen LogP contribution in [0.5, 0.6) is 0 Å². The molecule has 0 aromatic carbocycles. The number of thiophene rings is 1. The largest absolute Gasteiger partial charge is 0.444 e. The number of carbonyl (C=O) groups excluding carboxylic acids is 1. The molecule has 1 heterocycles. The number of rotatable bonds is 5. The SMILES string of the molecule is CC(C)(C)OC(=O)NCC1CCCCC1NCc1cc(Br)cs1. The molecule has 1 aliphatic rings. The Hall–Kier alpha value is -0.590. The van der Waals surface area contributed by atoms with E-state index in [1.807, 2.05) is 20.8 Å². The van der Waals surface area contributed by atoms with Gasteiger partial charge in [-0.25, -0.2) is 4.79 Å². The van der Waals surface area contributed by atoms with E-state index in [1.54, 1.807) is 11.3 Å². The Morgan fingerprint density at radius 2 is 2.13 bits per heavy atom. The zero-order chi connectivity index (χ0) is 16.9. The summed E-state index contributed by atoms with van der Waals surface area (Å²) in [5.41, 5.74) is -0.444. The van der Waals surface area contributed by atoms with Crippen molar-refractivity contribution < 1.29 is 9.53 Å². The minimum atomic E-state index is -0.444. The Morgan fingerprint density at radius 3 is 2.78 bits per heavy atom. The van der Waals surface area contributed by atoms with Gasteiger partial charge in [0.2, 0.25) is 0 Å². The van der Waals surface area contributed by atoms with Crippen LogP contribution in [0.2, 0.25) is 0 Å². The maximum Gasteiger partial charge on any atom is 0.407 e. The Balaban J connectivity index is 1.79. The Morgan fingerprint density at radius 1 is 1.39 bits per heavy atom. The van der Waals surface area contributed by atoms with E-state index in [2.05, 4.69) is 38.0 Å². The van der Waals surface area contributed by atoms with Crippen LogP contribution in [0.4, 0.5) is 4.79 Å². The molecule has 4 nitrogen and oxygen atoms in total. The van der Waals surface area contributed by atoms with Gasteiger partial charge in [-0.3, -0.25) is 0 Å². The van der Waals surface area contributed by atoms with Crippen molar-refractivity contribution in [2.75, 3.05) is 6.54 Å². The summed E-state index contributed by atoms with van der Waals surface area (Å²) < 4.78 is 6.47. The number of alkyl carbamates (subject to hydrolysis) is 1. The molecule has 1 aromatic rings. The Bertz CT molecular complexity index is 513. The van der Waals surface area contributed by atoms with Gasteiger partial charge in [0.05, 0.1) is 0 Å². The number of halogens is 1. The molecule has 1 saturated carbocycles. The predicted octanol–water partition coefficient (Wildman–Crippen LogP) is 4.68. The number of nitrogens with one attached hydrogen (secondary N) is 2. The van der Waals surface area contributed by atoms with Crippen LogP contribution < -0.4 is 10.6 Å². The second-order valence-corrected chi connectivity index (χ2v) is 9.06. The minimum Gasteiger partial charge on any atom is -0.444 e. The molecule has 130 valence electrons. The highest BCUT2D eigenvalue weighted by atomic mass is 79.9. The fourth-order valence-electron chi connectivity index (χ4n) is 2.93. The number of ether oxygens (including phenoxy) is 1. The topological polar surface area (TPSA) is 50.4 Å². The predicted molar refractivity (Wildman–Crippen MR) is 98.8 cm³/mol. The van der Waals surface area contributed by atoms with Crippen molar-refractivity contribution in [3.63, 3.8) is 0 Å². The fourth-order valence-corrected chi connectivity index (χ4v) is 4.33. The average Bonchev–Trinajstić information content (AvgIpc) is 2.87. The molecule has 23 heavy (non-hydrogen) atoms. The van der Waals surface area contributed by atoms with Gasteiger partial charge in [0, 0.05) is 33.9 Å². The summed E-state index contributed by atoms with van der Waals surface area (Å²) in [6.07, 6.45) is 4.51. The molecule has 6 heteroatoms. The summed E-state index contributed by atoms with van der Waals surface area (Å²) in [5, 5.41) is 8.72. The third kappa shape index (κ3) is 6.81. The van der Waals surface area contributed by atoms with Gasteiger partial charge in [-0.15, -0.1) is 11.3 Å². The number of hydrogen-bond donors (Lipinski definition) is 2. The van der Waals surface area contributed by atoms with Gasteiger partial charge in [0.25, 0.3) is 0 Å². The van der Waals surface area contributed by atoms with Gasteiger partial charge >= 0.3 is 6.09 Å². The van der Waals surface area contributed by atoms with E-state index in [-0.39, 0.29) is 6.09 Å². The summed E-state index contributed by atoms with van der Waals surface area (Å²) in [6, 6.07) is 2.62. The summed E-state index contributed by atoms with van der Waals surface area (Å²) in [7, 11) is 0. The molecule has 2 unspecified atom stereocenters. The number of amides is 1. The number of carbonyl (C=O) groups is 1. The third-order valence-corrected chi connectivity index (χ3v) is 5.67. The molecular formula is C17H27BrN2O2S. The van der Waals surface area contributed by atoms with Crippen molar-refractivity contribution >= 4 is 33.4 Å². The number of hydrogen-bond acceptors (Lipinski definition) is 4. The molecule has 0 radical (unpaired) electrons. The van der Waals surface area contributed by atoms with E-state index in [9.17, 15) is 4.79 Å². The van der Waals surface area contributed by atoms with Crippen molar-refractivity contribution in [2.45, 2.75) is 64.6 Å². The molecule has 1 fully saturated rings. The smallest absolute Gasteiger partial charge is 0.407 e. The third-order valence-electron chi connectivity index (χ3n) is 3.98. The van der Waals surface area contributed by atoms with E-state index in [0.717, 1.165) is 17.4 Å². The first kappa shape index (κ1) is 18.7. The maximum atomic E-state index is 11.8. The van der Waals surface area contributed by atoms with Crippen LogP contribution in [0.25, 0.3) is 0 Å². The molecule has 1 aliphatic carbocycles. The van der Waals surface area contributed by atoms with Crippen molar-refractivity contribution in [1.82, 2.24) is 10.6 Å². The standard InChI is InChI=1S/C17H27BrN2O2S/c1-17(2,3)22-16(21)20-9-12-6-4-5-7-15(12)19-10-14-8-13(18)11-23-14/h8,11-12,15,19H,4-7,9-10H2,1-3H3,(H,20,21). The summed E-state index contributed by atoms with van der Waals surface area (Å²) in [6.45, 7) is 7.23. The highest BCUT2D eigenvalue weighted by Crippen LogP contribution is 2.25. The van der Waals surface area contributed by atoms with E-state index < -0.39 is 5.60 Å². The maximum absolute atomic E-state index is 11.8. The molecule has 2 rings (SSSR count). The van der Waals surface area contributed by atoms with Crippen LogP contribution in [0.3, 0.4) is 0 Å². The Kier molecular flexibility index (Phi) is 6.92. The second kappa shape index (κ2) is 8.49. The summed E-state index contributed by atoms with van der Waals surface area (Å²) >= 11 is 5.26. The Labute approximate surface area is 151 Å². The van der Waals surface area contributed by atoms with Gasteiger partial charge in [-0.1, -0.05) is 12.8 Å². The van der Waals surface area contributed by atoms with Gasteiger partial charge in [0.15, 0.2) is 0 Å². The van der Waals surface area contributed by atoms with Crippen LogP contribution in [-0.4, -0.2) is 24.3 Å². The lowest BCUT2D eigenvalue weighted by molar-refractivity contribution is 0.0510. The van der Waals surface area contributed by atoms with Crippen LogP contribution in [0.1, 0.15) is 51.3 Å². The summed E-state index contributed by atoms with van der Waals surface area (Å²) in [5.74, 6) is 0.472. The highest BCUT2D eigenvalue weighted by Gasteiger charge is 2.26. The van der Waals surface area contributed by atoms with Crippen LogP contribution in [0, 0.1) is 5.92 Å². The van der Waals surface area contributed by atoms with Crippen LogP contribution in [0.15, 0.2) is 15.9 Å². The lowest BCUT2D eigenvalue weighted by atomic mass is 9.84. The van der Waals surface area contributed by atoms with E-state index in [4.69, 9.17) is 4.74 Å². The first-order valence-corrected chi connectivity index (χ1v) is 9.94. The van der Waals surface area contributed by atoms with Gasteiger partial charge < -0.3 is 15.4 Å². The second-order valence-electron chi connectivity index (χ2n) is 7.15. The molecule has 2 atom stereocenters. The normalized spacial score (nSPS) is 21.9. The summed E-state index contributed by atoms with van der Waals surface area (Å²) in [4.78, 5) is 13.2. The molecule has 2 N–H and O–H groups in total. The molecule has 0 aliphatic heterocycles. The molecule has 1 amide bonds. The van der Waals surface area contributed by atoms with Crippen molar-refractivity contribution in [3.8, 4) is 0 Å². The molecule has 0 bridgehead atoms. The highest BCUT2D eigenvalue weighted by molar-refractivity contribution is 9.10. The monoisotopic (exact) mass is 402 g/mol. The first-order valence-electron chi connectivity index (χ1n) is 8.26. The molecule has 0 saturated heterocycles. The molecule has 0 spiro atoms. The van der Waals surface area contributed by atoms with Crippen molar-refractivity contribution in [3.05, 3.63) is 20.8 Å². The van der Waals surface area contributed by atoms with Gasteiger partial charge in [-0.05, 0) is 61.5 Å². The lowest BCUT2D eigenvalue weighted by Crippen LogP contribution is -2.44.